The number of carbonyl (C=O) groups is 3. The molecule has 3 amide bonds. The number of quaternary nitrogens is 1. The van der Waals surface area contributed by atoms with Crippen LogP contribution in [-0.2, 0) is 28.6 Å². The molecular weight excluding hydrogens is 749 g/mol. The van der Waals surface area contributed by atoms with Crippen LogP contribution in [0.25, 0.3) is 33.4 Å². The van der Waals surface area contributed by atoms with Gasteiger partial charge in [0.2, 0.25) is 17.2 Å². The maximum Gasteiger partial charge on any atom is 0.282 e. The van der Waals surface area contributed by atoms with Crippen LogP contribution in [0.1, 0.15) is 59.4 Å². The van der Waals surface area contributed by atoms with Crippen molar-refractivity contribution in [2.75, 3.05) is 89.1 Å². The third-order valence-corrected chi connectivity index (χ3v) is 10.3. The first kappa shape index (κ1) is 46.6. The lowest BCUT2D eigenvalue weighted by Gasteiger charge is -2.22. The van der Waals surface area contributed by atoms with Gasteiger partial charge in [0.05, 0.1) is 39.1 Å². The summed E-state index contributed by atoms with van der Waals surface area (Å²) in [7, 11) is 0. The van der Waals surface area contributed by atoms with Crippen molar-refractivity contribution in [3.8, 4) is 22.5 Å². The number of unbranched alkanes of at least 4 members (excludes halogenated alkanes) is 1. The highest BCUT2D eigenvalue weighted by Gasteiger charge is 2.22. The predicted octanol–water partition coefficient (Wildman–Crippen LogP) is 4.75. The van der Waals surface area contributed by atoms with Crippen molar-refractivity contribution in [2.24, 2.45) is 0 Å². The highest BCUT2D eigenvalue weighted by molar-refractivity contribution is 6.04. The molecule has 4 rings (SSSR count). The lowest BCUT2D eigenvalue weighted by Crippen LogP contribution is -2.66. The minimum atomic E-state index is -0.439. The van der Waals surface area contributed by atoms with Crippen LogP contribution in [0.15, 0.2) is 71.2 Å². The molecule has 0 saturated heterocycles. The summed E-state index contributed by atoms with van der Waals surface area (Å²) in [4.78, 5) is 39.0. The van der Waals surface area contributed by atoms with Crippen LogP contribution in [0.4, 0.5) is 11.4 Å². The lowest BCUT2D eigenvalue weighted by atomic mass is 9.90. The van der Waals surface area contributed by atoms with Crippen LogP contribution in [0.3, 0.4) is 0 Å². The number of anilines is 2. The van der Waals surface area contributed by atoms with Gasteiger partial charge in [-0.2, -0.15) is 0 Å². The fourth-order valence-corrected chi connectivity index (χ4v) is 6.91. The van der Waals surface area contributed by atoms with E-state index in [2.05, 4.69) is 115 Å². The highest BCUT2D eigenvalue weighted by Crippen LogP contribution is 2.42. The smallest absolute Gasteiger partial charge is 0.282 e. The van der Waals surface area contributed by atoms with E-state index in [9.17, 15) is 14.4 Å². The molecule has 2 aromatic carbocycles. The largest absolute Gasteiger partial charge is 0.456 e. The number of aryl methyl sites for hydroxylation is 1. The second-order valence-electron chi connectivity index (χ2n) is 14.6. The number of nitrogens with one attached hydrogen (secondary N) is 3. The number of benzene rings is 3. The molecule has 0 radical (unpaired) electrons. The minimum Gasteiger partial charge on any atom is -0.456 e. The van der Waals surface area contributed by atoms with Crippen LogP contribution in [0.2, 0.25) is 0 Å². The number of ether oxygens (including phenoxy) is 3. The molecule has 59 heavy (non-hydrogen) atoms. The Morgan fingerprint density at radius 3 is 2.20 bits per heavy atom. The van der Waals surface area contributed by atoms with Crippen LogP contribution in [0, 0.1) is 6.92 Å². The van der Waals surface area contributed by atoms with E-state index in [0.29, 0.717) is 51.5 Å². The Labute approximate surface area is 349 Å². The summed E-state index contributed by atoms with van der Waals surface area (Å²) in [5, 5.41) is 10.8. The van der Waals surface area contributed by atoms with E-state index >= 15 is 0 Å². The summed E-state index contributed by atoms with van der Waals surface area (Å²) < 4.78 is 25.2. The zero-order valence-corrected chi connectivity index (χ0v) is 36.0. The van der Waals surface area contributed by atoms with E-state index in [1.54, 1.807) is 6.92 Å². The first-order valence-corrected chi connectivity index (χ1v) is 21.0. The number of rotatable bonds is 25. The summed E-state index contributed by atoms with van der Waals surface area (Å²) in [6.45, 7) is 22.2. The number of fused-ring (bicyclic) bond motifs is 2. The molecule has 0 aromatic heterocycles. The normalized spacial score (nSPS) is 11.7. The zero-order valence-electron chi connectivity index (χ0n) is 36.0. The van der Waals surface area contributed by atoms with Gasteiger partial charge in [-0.3, -0.25) is 14.4 Å². The second-order valence-corrected chi connectivity index (χ2v) is 14.6. The minimum absolute atomic E-state index is 0.0535. The van der Waals surface area contributed by atoms with Crippen LogP contribution < -0.4 is 36.5 Å². The Morgan fingerprint density at radius 1 is 0.831 bits per heavy atom. The quantitative estimate of drug-likeness (QED) is 0.0323. The van der Waals surface area contributed by atoms with Gasteiger partial charge < -0.3 is 45.2 Å². The number of carbonyl (C=O) groups excluding carboxylic acids is 3. The Hall–Kier alpha value is -5.08. The highest BCUT2D eigenvalue weighted by atomic mass is 16.5. The van der Waals surface area contributed by atoms with Gasteiger partial charge in [0.25, 0.3) is 5.91 Å². The van der Waals surface area contributed by atoms with Gasteiger partial charge in [-0.05, 0) is 95.8 Å². The topological polar surface area (TPSA) is 162 Å². The molecule has 0 fully saturated rings. The maximum atomic E-state index is 13.2. The molecule has 0 bridgehead atoms. The molecule has 1 aliphatic carbocycles. The zero-order chi connectivity index (χ0) is 42.7. The number of amides is 3. The van der Waals surface area contributed by atoms with E-state index < -0.39 is 6.04 Å². The summed E-state index contributed by atoms with van der Waals surface area (Å²) in [5.41, 5.74) is 11.5. The van der Waals surface area contributed by atoms with Crippen molar-refractivity contribution < 1.29 is 38.7 Å². The fourth-order valence-electron chi connectivity index (χ4n) is 6.91. The van der Waals surface area contributed by atoms with Gasteiger partial charge in [-0.15, -0.1) is 0 Å². The Bertz CT molecular complexity index is 2050. The molecule has 13 nitrogen and oxygen atoms in total. The molecule has 1 atom stereocenters. The van der Waals surface area contributed by atoms with Crippen molar-refractivity contribution in [3.05, 3.63) is 77.7 Å². The van der Waals surface area contributed by atoms with Gasteiger partial charge in [0, 0.05) is 78.2 Å². The molecule has 13 heteroatoms. The van der Waals surface area contributed by atoms with E-state index in [4.69, 9.17) is 18.6 Å². The Morgan fingerprint density at radius 2 is 1.53 bits per heavy atom. The second kappa shape index (κ2) is 24.1. The van der Waals surface area contributed by atoms with Crippen molar-refractivity contribution in [1.29, 1.82) is 0 Å². The SMILES string of the molecule is C=C(C)C(=O)NCCOCCOCCOCC(=O)NCCCCC([NH3+])C(=O)Nc1ccc(-c2c3ccc(=[N+](CC)CC)cc-3oc3cc(N(CC)CC)ccc23)c(C)c1. The molecule has 0 saturated carbocycles. The van der Waals surface area contributed by atoms with Crippen molar-refractivity contribution in [3.63, 3.8) is 0 Å². The average Bonchev–Trinajstić information content (AvgIpc) is 3.22. The van der Waals surface area contributed by atoms with E-state index in [1.807, 2.05) is 12.1 Å². The van der Waals surface area contributed by atoms with Crippen molar-refractivity contribution in [1.82, 2.24) is 15.2 Å². The Balaban J connectivity index is 1.25. The molecule has 1 heterocycles. The van der Waals surface area contributed by atoms with E-state index in [0.717, 1.165) is 94.7 Å². The van der Waals surface area contributed by atoms with Gasteiger partial charge in [-0.1, -0.05) is 12.6 Å². The van der Waals surface area contributed by atoms with Gasteiger partial charge in [0.1, 0.15) is 31.0 Å². The molecule has 6 N–H and O–H groups in total. The molecule has 1 unspecified atom stereocenters. The van der Waals surface area contributed by atoms with Crippen LogP contribution in [0.5, 0.6) is 0 Å². The molecular formula is C46H66N6O7+2. The van der Waals surface area contributed by atoms with Crippen molar-refractivity contribution >= 4 is 40.1 Å². The molecule has 2 aliphatic rings. The van der Waals surface area contributed by atoms with E-state index in [-0.39, 0.29) is 30.9 Å². The van der Waals surface area contributed by atoms with Gasteiger partial charge in [-0.25, -0.2) is 4.58 Å². The molecule has 1 aliphatic heterocycles. The molecule has 320 valence electrons. The molecule has 2 aromatic rings. The lowest BCUT2D eigenvalue weighted by molar-refractivity contribution is -0.404. The average molecular weight is 815 g/mol. The summed E-state index contributed by atoms with van der Waals surface area (Å²) in [5.74, 6) is 0.301. The van der Waals surface area contributed by atoms with Crippen molar-refractivity contribution in [2.45, 2.75) is 66.8 Å². The third-order valence-electron chi connectivity index (χ3n) is 10.3. The standard InChI is InChI=1S/C46H64N6O7/c1-8-51(9-2)35-16-19-38-41(29-35)59-42-30-36(52(10-3)11-4)17-20-39(42)44(38)37-18-15-34(28-33(37)7)50-46(55)40(47)14-12-13-21-48-43(53)31-58-27-26-57-25-24-56-23-22-49-45(54)32(5)6/h15-20,28-30,40H,5,8-14,21-27,31,47H2,1-4,6-7H3,(H2,48,49,53,54)/p+2. The fraction of sp³-hybridized carbons (Fsp3) is 0.478. The predicted molar refractivity (Wildman–Crippen MR) is 235 cm³/mol. The van der Waals surface area contributed by atoms with Gasteiger partial charge in [0.15, 0.2) is 6.04 Å². The summed E-state index contributed by atoms with van der Waals surface area (Å²) >= 11 is 0. The number of hydrogen-bond donors (Lipinski definition) is 4. The number of nitrogens with zero attached hydrogens (tertiary/aromatic N) is 2. The summed E-state index contributed by atoms with van der Waals surface area (Å²) in [6.07, 6.45) is 2.05. The number of hydrogen-bond acceptors (Lipinski definition) is 8. The van der Waals surface area contributed by atoms with E-state index in [1.165, 1.54) is 0 Å². The first-order valence-electron chi connectivity index (χ1n) is 21.0. The van der Waals surface area contributed by atoms with Crippen LogP contribution >= 0.6 is 0 Å². The van der Waals surface area contributed by atoms with Crippen LogP contribution in [-0.4, -0.2) is 103 Å². The monoisotopic (exact) mass is 814 g/mol. The molecule has 0 spiro atoms. The summed E-state index contributed by atoms with van der Waals surface area (Å²) in [6, 6.07) is 18.6. The third kappa shape index (κ3) is 13.7. The van der Waals surface area contributed by atoms with Gasteiger partial charge >= 0.3 is 0 Å². The first-order chi connectivity index (χ1) is 28.5. The Kier molecular flexibility index (Phi) is 19.0. The maximum absolute atomic E-state index is 13.2.